The molecule has 5 rings (SSSR count). The van der Waals surface area contributed by atoms with Gasteiger partial charge in [0, 0.05) is 62.1 Å². The van der Waals surface area contributed by atoms with Crippen LogP contribution in [0.4, 0.5) is 18.9 Å². The maximum atomic E-state index is 12.9. The van der Waals surface area contributed by atoms with Crippen molar-refractivity contribution in [1.82, 2.24) is 24.6 Å². The molecule has 2 atom stereocenters. The summed E-state index contributed by atoms with van der Waals surface area (Å²) < 4.78 is 40.7. The Morgan fingerprint density at radius 2 is 1.91 bits per heavy atom. The second kappa shape index (κ2) is 9.58. The molecule has 0 N–H and O–H groups in total. The second-order valence-electron chi connectivity index (χ2n) is 8.92. The van der Waals surface area contributed by atoms with Gasteiger partial charge in [0.2, 0.25) is 0 Å². The SMILES string of the molecule is Cn1c(SCCCN2CC3[C@H](CCN3c3ccc(C(F)(F)F)cc3)C2)nnc1-c1cccnc1. The number of hydrogen-bond acceptors (Lipinski definition) is 6. The summed E-state index contributed by atoms with van der Waals surface area (Å²) in [6.07, 6.45) is 1.37. The van der Waals surface area contributed by atoms with E-state index in [1.807, 2.05) is 23.7 Å². The van der Waals surface area contributed by atoms with E-state index >= 15 is 0 Å². The summed E-state index contributed by atoms with van der Waals surface area (Å²) in [4.78, 5) is 8.93. The average Bonchev–Trinajstić information content (AvgIpc) is 3.51. The van der Waals surface area contributed by atoms with Gasteiger partial charge in [-0.3, -0.25) is 4.98 Å². The van der Waals surface area contributed by atoms with Gasteiger partial charge in [-0.05, 0) is 61.7 Å². The third-order valence-corrected chi connectivity index (χ3v) is 7.86. The molecular formula is C24H27F3N6S. The first kappa shape index (κ1) is 23.2. The first-order valence-electron chi connectivity index (χ1n) is 11.5. The van der Waals surface area contributed by atoms with Gasteiger partial charge in [0.05, 0.1) is 5.56 Å². The number of anilines is 1. The van der Waals surface area contributed by atoms with Crippen LogP contribution < -0.4 is 4.90 Å². The average molecular weight is 489 g/mol. The molecule has 0 spiro atoms. The minimum absolute atomic E-state index is 0.380. The van der Waals surface area contributed by atoms with Crippen molar-refractivity contribution >= 4 is 17.4 Å². The number of halogens is 3. The monoisotopic (exact) mass is 488 g/mol. The molecule has 10 heteroatoms. The first-order chi connectivity index (χ1) is 16.4. The van der Waals surface area contributed by atoms with E-state index in [1.165, 1.54) is 12.1 Å². The van der Waals surface area contributed by atoms with Crippen LogP contribution in [0.25, 0.3) is 11.4 Å². The standard InChI is InChI=1S/C24H27F3N6S/c1-31-22(17-4-2-10-28-14-17)29-30-23(31)34-13-3-11-32-15-18-9-12-33(21(18)16-32)20-7-5-19(6-8-20)24(25,26)27/h2,4-8,10,14,18,21H,3,9,11-13,15-16H2,1H3/t18-,21?/m1/s1. The van der Waals surface area contributed by atoms with Gasteiger partial charge in [-0.1, -0.05) is 11.8 Å². The number of alkyl halides is 3. The summed E-state index contributed by atoms with van der Waals surface area (Å²) in [5.74, 6) is 2.34. The van der Waals surface area contributed by atoms with E-state index in [0.717, 1.165) is 67.0 Å². The number of likely N-dealkylation sites (tertiary alicyclic amines) is 1. The van der Waals surface area contributed by atoms with E-state index in [-0.39, 0.29) is 0 Å². The molecule has 6 nitrogen and oxygen atoms in total. The van der Waals surface area contributed by atoms with Crippen molar-refractivity contribution < 1.29 is 13.2 Å². The fraction of sp³-hybridized carbons (Fsp3) is 0.458. The van der Waals surface area contributed by atoms with Crippen LogP contribution in [-0.4, -0.2) is 62.6 Å². The number of hydrogen-bond donors (Lipinski definition) is 0. The highest BCUT2D eigenvalue weighted by Crippen LogP contribution is 2.37. The predicted octanol–water partition coefficient (Wildman–Crippen LogP) is 4.59. The van der Waals surface area contributed by atoms with Crippen molar-refractivity contribution in [3.63, 3.8) is 0 Å². The van der Waals surface area contributed by atoms with E-state index < -0.39 is 11.7 Å². The lowest BCUT2D eigenvalue weighted by Gasteiger charge is -2.27. The van der Waals surface area contributed by atoms with Crippen molar-refractivity contribution in [2.75, 3.05) is 36.8 Å². The Labute approximate surface area is 201 Å². The third kappa shape index (κ3) is 4.79. The highest BCUT2D eigenvalue weighted by molar-refractivity contribution is 7.99. The fourth-order valence-corrected chi connectivity index (χ4v) is 5.87. The number of benzene rings is 1. The lowest BCUT2D eigenvalue weighted by atomic mass is 10.0. The molecule has 4 heterocycles. The second-order valence-corrected chi connectivity index (χ2v) is 9.98. The van der Waals surface area contributed by atoms with Crippen molar-refractivity contribution in [2.45, 2.75) is 30.2 Å². The van der Waals surface area contributed by atoms with Gasteiger partial charge < -0.3 is 14.4 Å². The number of aromatic nitrogens is 4. The lowest BCUT2D eigenvalue weighted by molar-refractivity contribution is -0.137. The smallest absolute Gasteiger partial charge is 0.367 e. The Hall–Kier alpha value is -2.59. The molecule has 2 saturated heterocycles. The van der Waals surface area contributed by atoms with E-state index in [4.69, 9.17) is 0 Å². The molecule has 3 aromatic rings. The topological polar surface area (TPSA) is 50.1 Å². The Morgan fingerprint density at radius 1 is 1.09 bits per heavy atom. The fourth-order valence-electron chi connectivity index (χ4n) is 5.03. The Bertz CT molecular complexity index is 1100. The Balaban J connectivity index is 1.11. The van der Waals surface area contributed by atoms with Crippen LogP contribution in [0, 0.1) is 5.92 Å². The third-order valence-electron chi connectivity index (χ3n) is 6.75. The molecule has 2 aliphatic heterocycles. The van der Waals surface area contributed by atoms with Crippen LogP contribution >= 0.6 is 11.8 Å². The van der Waals surface area contributed by atoms with Gasteiger partial charge in [0.1, 0.15) is 0 Å². The van der Waals surface area contributed by atoms with Crippen molar-refractivity contribution in [1.29, 1.82) is 0 Å². The zero-order valence-corrected chi connectivity index (χ0v) is 19.8. The summed E-state index contributed by atoms with van der Waals surface area (Å²) in [6, 6.07) is 9.86. The minimum Gasteiger partial charge on any atom is -0.367 e. The van der Waals surface area contributed by atoms with Gasteiger partial charge in [-0.25, -0.2) is 0 Å². The Morgan fingerprint density at radius 3 is 2.65 bits per heavy atom. The maximum absolute atomic E-state index is 12.9. The van der Waals surface area contributed by atoms with E-state index in [0.29, 0.717) is 12.0 Å². The molecule has 34 heavy (non-hydrogen) atoms. The summed E-state index contributed by atoms with van der Waals surface area (Å²) in [7, 11) is 1.97. The quantitative estimate of drug-likeness (QED) is 0.358. The summed E-state index contributed by atoms with van der Waals surface area (Å²) in [5, 5.41) is 9.53. The van der Waals surface area contributed by atoms with E-state index in [2.05, 4.69) is 25.0 Å². The lowest BCUT2D eigenvalue weighted by Crippen LogP contribution is -2.35. The van der Waals surface area contributed by atoms with Crippen LogP contribution in [0.3, 0.4) is 0 Å². The molecule has 0 aliphatic carbocycles. The largest absolute Gasteiger partial charge is 0.416 e. The number of rotatable bonds is 7. The van der Waals surface area contributed by atoms with E-state index in [1.54, 1.807) is 36.3 Å². The van der Waals surface area contributed by atoms with Crippen molar-refractivity contribution in [2.24, 2.45) is 13.0 Å². The minimum atomic E-state index is -4.29. The zero-order valence-electron chi connectivity index (χ0n) is 18.9. The molecule has 2 aromatic heterocycles. The number of fused-ring (bicyclic) bond motifs is 1. The predicted molar refractivity (Wildman–Crippen MR) is 127 cm³/mol. The number of nitrogens with zero attached hydrogens (tertiary/aromatic N) is 6. The first-order valence-corrected chi connectivity index (χ1v) is 12.5. The van der Waals surface area contributed by atoms with Gasteiger partial charge in [-0.15, -0.1) is 10.2 Å². The molecule has 1 aromatic carbocycles. The number of pyridine rings is 1. The zero-order chi connectivity index (χ0) is 23.7. The van der Waals surface area contributed by atoms with Gasteiger partial charge >= 0.3 is 6.18 Å². The summed E-state index contributed by atoms with van der Waals surface area (Å²) in [6.45, 7) is 3.94. The van der Waals surface area contributed by atoms with Crippen molar-refractivity contribution in [3.8, 4) is 11.4 Å². The molecule has 2 aliphatic rings. The van der Waals surface area contributed by atoms with Crippen LogP contribution in [-0.2, 0) is 13.2 Å². The van der Waals surface area contributed by atoms with E-state index in [9.17, 15) is 13.2 Å². The summed E-state index contributed by atoms with van der Waals surface area (Å²) >= 11 is 1.71. The van der Waals surface area contributed by atoms with Crippen LogP contribution in [0.1, 0.15) is 18.4 Å². The number of thioether (sulfide) groups is 1. The highest BCUT2D eigenvalue weighted by Gasteiger charge is 2.41. The molecule has 0 saturated carbocycles. The van der Waals surface area contributed by atoms with Gasteiger partial charge in [-0.2, -0.15) is 13.2 Å². The van der Waals surface area contributed by atoms with Crippen molar-refractivity contribution in [3.05, 3.63) is 54.4 Å². The molecule has 2 fully saturated rings. The molecule has 1 unspecified atom stereocenters. The maximum Gasteiger partial charge on any atom is 0.416 e. The Kier molecular flexibility index (Phi) is 6.52. The normalized spacial score (nSPS) is 20.8. The molecular weight excluding hydrogens is 461 g/mol. The highest BCUT2D eigenvalue weighted by atomic mass is 32.2. The molecule has 180 valence electrons. The summed E-state index contributed by atoms with van der Waals surface area (Å²) in [5.41, 5.74) is 1.25. The molecule has 0 amide bonds. The van der Waals surface area contributed by atoms with Crippen LogP contribution in [0.2, 0.25) is 0 Å². The van der Waals surface area contributed by atoms with Gasteiger partial charge in [0.25, 0.3) is 0 Å². The van der Waals surface area contributed by atoms with Gasteiger partial charge in [0.15, 0.2) is 11.0 Å². The molecule has 0 bridgehead atoms. The molecule has 0 radical (unpaired) electrons. The van der Waals surface area contributed by atoms with Crippen LogP contribution in [0.5, 0.6) is 0 Å². The van der Waals surface area contributed by atoms with Crippen LogP contribution in [0.15, 0.2) is 53.9 Å².